The van der Waals surface area contributed by atoms with Crippen molar-refractivity contribution in [1.82, 2.24) is 4.90 Å². The summed E-state index contributed by atoms with van der Waals surface area (Å²) in [4.78, 5) is 14.8. The van der Waals surface area contributed by atoms with Crippen LogP contribution in [0.3, 0.4) is 0 Å². The molecule has 0 aromatic heterocycles. The second-order valence-electron chi connectivity index (χ2n) is 9.46. The van der Waals surface area contributed by atoms with Crippen molar-refractivity contribution in [3.8, 4) is 5.75 Å². The molecule has 0 aliphatic carbocycles. The molecule has 1 amide bonds. The summed E-state index contributed by atoms with van der Waals surface area (Å²) in [6.07, 6.45) is -3.38. The van der Waals surface area contributed by atoms with Crippen molar-refractivity contribution in [3.63, 3.8) is 0 Å². The average Bonchev–Trinajstić information content (AvgIpc) is 3.27. The summed E-state index contributed by atoms with van der Waals surface area (Å²) in [5.74, 6) is -0.136. The van der Waals surface area contributed by atoms with Crippen molar-refractivity contribution in [1.29, 1.82) is 0 Å². The molecule has 2 aromatic rings. The summed E-state index contributed by atoms with van der Waals surface area (Å²) in [6, 6.07) is 13.2. The van der Waals surface area contributed by atoms with Crippen molar-refractivity contribution < 1.29 is 27.4 Å². The monoisotopic (exact) mass is 512 g/mol. The number of amides is 1. The van der Waals surface area contributed by atoms with Crippen LogP contribution in [0.25, 0.3) is 0 Å². The maximum absolute atomic E-state index is 13.0. The zero-order chi connectivity index (χ0) is 24.5. The Morgan fingerprint density at radius 3 is 2.60 bits per heavy atom. The number of nitrogens with two attached hydrogens (primary N) is 1. The Balaban J connectivity index is 0.00000342. The number of primary amides is 1. The number of halogens is 4. The van der Waals surface area contributed by atoms with Gasteiger partial charge in [0.25, 0.3) is 0 Å². The molecule has 2 heterocycles. The van der Waals surface area contributed by atoms with Crippen LogP contribution in [0.2, 0.25) is 0 Å². The summed E-state index contributed by atoms with van der Waals surface area (Å²) >= 11 is 0. The molecule has 5 nitrogen and oxygen atoms in total. The minimum Gasteiger partial charge on any atom is -0.489 e. The molecule has 0 radical (unpaired) electrons. The zero-order valence-corrected chi connectivity index (χ0v) is 20.7. The van der Waals surface area contributed by atoms with Gasteiger partial charge in [0.05, 0.1) is 11.7 Å². The number of aryl methyl sites for hydroxylation is 1. The Morgan fingerprint density at radius 1 is 1.23 bits per heavy atom. The number of hydrogen-bond donors (Lipinski definition) is 1. The fraction of sp³-hybridized carbons (Fsp3) is 0.500. The van der Waals surface area contributed by atoms with Crippen LogP contribution in [0.1, 0.15) is 48.8 Å². The predicted molar refractivity (Wildman–Crippen MR) is 130 cm³/mol. The van der Waals surface area contributed by atoms with Gasteiger partial charge in [-0.15, -0.1) is 12.4 Å². The van der Waals surface area contributed by atoms with E-state index in [1.807, 2.05) is 11.8 Å². The van der Waals surface area contributed by atoms with Gasteiger partial charge in [-0.05, 0) is 43.5 Å². The lowest BCUT2D eigenvalue weighted by atomic mass is 9.79. The number of likely N-dealkylation sites (tertiary alicyclic amines) is 1. The molecule has 0 spiro atoms. The second-order valence-corrected chi connectivity index (χ2v) is 9.46. The number of ether oxygens (including phenoxy) is 2. The largest absolute Gasteiger partial charge is 0.489 e. The molecular weight excluding hydrogens is 481 g/mol. The van der Waals surface area contributed by atoms with Crippen LogP contribution >= 0.6 is 12.4 Å². The highest BCUT2D eigenvalue weighted by molar-refractivity contribution is 5.85. The molecule has 2 saturated heterocycles. The second kappa shape index (κ2) is 10.8. The topological polar surface area (TPSA) is 64.8 Å². The zero-order valence-electron chi connectivity index (χ0n) is 19.9. The van der Waals surface area contributed by atoms with Gasteiger partial charge in [-0.3, -0.25) is 9.69 Å². The maximum Gasteiger partial charge on any atom is 0.416 e. The third-order valence-corrected chi connectivity index (χ3v) is 7.22. The van der Waals surface area contributed by atoms with Crippen LogP contribution in [0.15, 0.2) is 48.5 Å². The summed E-state index contributed by atoms with van der Waals surface area (Å²) in [7, 11) is 0. The third kappa shape index (κ3) is 5.93. The Bertz CT molecular complexity index is 1020. The quantitative estimate of drug-likeness (QED) is 0.585. The minimum absolute atomic E-state index is 0. The highest BCUT2D eigenvalue weighted by atomic mass is 35.5. The van der Waals surface area contributed by atoms with Gasteiger partial charge < -0.3 is 15.2 Å². The molecule has 2 N–H and O–H groups in total. The predicted octanol–water partition coefficient (Wildman–Crippen LogP) is 5.10. The fourth-order valence-corrected chi connectivity index (χ4v) is 5.10. The van der Waals surface area contributed by atoms with Gasteiger partial charge in [0, 0.05) is 32.0 Å². The van der Waals surface area contributed by atoms with Gasteiger partial charge in [0.2, 0.25) is 5.91 Å². The van der Waals surface area contributed by atoms with E-state index < -0.39 is 23.2 Å². The normalized spacial score (nSPS) is 26.1. The van der Waals surface area contributed by atoms with Crippen molar-refractivity contribution in [2.24, 2.45) is 5.73 Å². The summed E-state index contributed by atoms with van der Waals surface area (Å²) in [5.41, 5.74) is 6.67. The molecule has 35 heavy (non-hydrogen) atoms. The molecule has 2 fully saturated rings. The number of alkyl halides is 3. The number of benzene rings is 2. The Hall–Kier alpha value is -2.29. The van der Waals surface area contributed by atoms with Crippen molar-refractivity contribution in [2.45, 2.75) is 63.0 Å². The first kappa shape index (κ1) is 27.3. The SMILES string of the molecule is Cc1ccc([C@H](C)C2CC(C(N)=O)(N3CCC(Oc4cccc(C(F)(F)F)c4)C3)CCO2)cc1.Cl. The Morgan fingerprint density at radius 2 is 1.94 bits per heavy atom. The summed E-state index contributed by atoms with van der Waals surface area (Å²) in [5, 5.41) is 0. The van der Waals surface area contributed by atoms with E-state index in [0.29, 0.717) is 39.0 Å². The Labute approximate surface area is 210 Å². The number of rotatable bonds is 6. The van der Waals surface area contributed by atoms with Crippen LogP contribution in [0.5, 0.6) is 5.75 Å². The number of hydrogen-bond acceptors (Lipinski definition) is 4. The van der Waals surface area contributed by atoms with Gasteiger partial charge in [-0.2, -0.15) is 13.2 Å². The molecular formula is C26H32ClF3N2O3. The standard InChI is InChI=1S/C26H31F3N2O3.ClH/c1-17-6-8-19(9-7-17)18(2)23-15-25(24(30)32,11-13-33-23)31-12-10-22(16-31)34-21-5-3-4-20(14-21)26(27,28)29;/h3-9,14,18,22-23H,10-13,15-16H2,1-2H3,(H2,30,32);1H/t18-,22?,23?,25?;/m0./s1. The molecule has 192 valence electrons. The van der Waals surface area contributed by atoms with E-state index in [4.69, 9.17) is 15.2 Å². The number of nitrogens with zero attached hydrogens (tertiary/aromatic N) is 1. The van der Waals surface area contributed by atoms with Gasteiger partial charge in [0.15, 0.2) is 0 Å². The first-order valence-electron chi connectivity index (χ1n) is 11.7. The van der Waals surface area contributed by atoms with E-state index in [0.717, 1.165) is 17.7 Å². The molecule has 2 aliphatic rings. The molecule has 0 bridgehead atoms. The van der Waals surface area contributed by atoms with E-state index in [-0.39, 0.29) is 36.3 Å². The minimum atomic E-state index is -4.43. The van der Waals surface area contributed by atoms with Crippen LogP contribution in [-0.4, -0.2) is 48.3 Å². The lowest BCUT2D eigenvalue weighted by Crippen LogP contribution is -2.61. The molecule has 3 unspecified atom stereocenters. The fourth-order valence-electron chi connectivity index (χ4n) is 5.10. The molecule has 9 heteroatoms. The average molecular weight is 513 g/mol. The lowest BCUT2D eigenvalue weighted by Gasteiger charge is -2.46. The van der Waals surface area contributed by atoms with Gasteiger partial charge >= 0.3 is 6.18 Å². The van der Waals surface area contributed by atoms with Crippen LogP contribution < -0.4 is 10.5 Å². The van der Waals surface area contributed by atoms with Gasteiger partial charge in [-0.25, -0.2) is 0 Å². The summed E-state index contributed by atoms with van der Waals surface area (Å²) in [6.45, 7) is 5.55. The van der Waals surface area contributed by atoms with Crippen molar-refractivity contribution >= 4 is 18.3 Å². The third-order valence-electron chi connectivity index (χ3n) is 7.22. The molecule has 2 aromatic carbocycles. The lowest BCUT2D eigenvalue weighted by molar-refractivity contribution is -0.142. The molecule has 0 saturated carbocycles. The van der Waals surface area contributed by atoms with Gasteiger partial charge in [-0.1, -0.05) is 42.8 Å². The van der Waals surface area contributed by atoms with E-state index in [9.17, 15) is 18.0 Å². The van der Waals surface area contributed by atoms with Crippen LogP contribution in [0, 0.1) is 6.92 Å². The van der Waals surface area contributed by atoms with E-state index in [2.05, 4.69) is 31.2 Å². The van der Waals surface area contributed by atoms with E-state index >= 15 is 0 Å². The van der Waals surface area contributed by atoms with Crippen LogP contribution in [-0.2, 0) is 15.7 Å². The highest BCUT2D eigenvalue weighted by Crippen LogP contribution is 2.39. The first-order valence-corrected chi connectivity index (χ1v) is 11.7. The molecule has 4 rings (SSSR count). The summed E-state index contributed by atoms with van der Waals surface area (Å²) < 4.78 is 51.1. The highest BCUT2D eigenvalue weighted by Gasteiger charge is 2.50. The van der Waals surface area contributed by atoms with Crippen LogP contribution in [0.4, 0.5) is 13.2 Å². The maximum atomic E-state index is 13.0. The number of carbonyl (C=O) groups excluding carboxylic acids is 1. The Kier molecular flexibility index (Phi) is 8.40. The number of carbonyl (C=O) groups is 1. The molecule has 2 aliphatic heterocycles. The molecule has 4 atom stereocenters. The smallest absolute Gasteiger partial charge is 0.416 e. The van der Waals surface area contributed by atoms with Crippen molar-refractivity contribution in [2.75, 3.05) is 19.7 Å². The van der Waals surface area contributed by atoms with Gasteiger partial charge in [0.1, 0.15) is 17.4 Å². The van der Waals surface area contributed by atoms with E-state index in [1.165, 1.54) is 17.7 Å². The van der Waals surface area contributed by atoms with Crippen molar-refractivity contribution in [3.05, 3.63) is 65.2 Å². The van der Waals surface area contributed by atoms with E-state index in [1.54, 1.807) is 0 Å². The first-order chi connectivity index (χ1) is 16.1.